The van der Waals surface area contributed by atoms with Crippen molar-refractivity contribution in [3.8, 4) is 11.1 Å². The van der Waals surface area contributed by atoms with E-state index in [9.17, 15) is 0 Å². The van der Waals surface area contributed by atoms with Gasteiger partial charge >= 0.3 is 0 Å². The van der Waals surface area contributed by atoms with Gasteiger partial charge in [0.25, 0.3) is 0 Å². The molecule has 0 fully saturated rings. The van der Waals surface area contributed by atoms with Crippen molar-refractivity contribution in [1.82, 2.24) is 9.34 Å². The monoisotopic (exact) mass is 492 g/mol. The van der Waals surface area contributed by atoms with Gasteiger partial charge in [-0.25, -0.2) is 0 Å². The molecule has 0 saturated carbocycles. The maximum absolute atomic E-state index is 5.92. The summed E-state index contributed by atoms with van der Waals surface area (Å²) in [6, 6.07) is 26.6. The van der Waals surface area contributed by atoms with Gasteiger partial charge in [0.15, 0.2) is 0 Å². The molecule has 4 nitrogen and oxygen atoms in total. The van der Waals surface area contributed by atoms with E-state index in [1.54, 1.807) is 0 Å². The summed E-state index contributed by atoms with van der Waals surface area (Å²) in [6.45, 7) is 0. The Morgan fingerprint density at radius 2 is 0.941 bits per heavy atom. The summed E-state index contributed by atoms with van der Waals surface area (Å²) >= 11 is 0. The predicted octanol–water partition coefficient (Wildman–Crippen LogP) is 7.70. The van der Waals surface area contributed by atoms with Gasteiger partial charge in [0.1, 0.15) is 16.6 Å². The zero-order valence-electron chi connectivity index (χ0n) is 20.9. The van der Waals surface area contributed by atoms with Crippen LogP contribution in [0.5, 0.6) is 0 Å². The fourth-order valence-electron chi connectivity index (χ4n) is 4.52. The van der Waals surface area contributed by atoms with Gasteiger partial charge < -0.3 is 9.05 Å². The lowest BCUT2D eigenvalue weighted by Crippen LogP contribution is -2.09. The summed E-state index contributed by atoms with van der Waals surface area (Å²) in [5.41, 5.74) is 5.29. The van der Waals surface area contributed by atoms with Crippen molar-refractivity contribution in [3.63, 3.8) is 0 Å². The molecule has 4 aromatic carbocycles. The molecule has 0 heterocycles. The Morgan fingerprint density at radius 1 is 0.559 bits per heavy atom. The minimum Gasteiger partial charge on any atom is -0.346 e. The van der Waals surface area contributed by atoms with Crippen molar-refractivity contribution in [1.29, 1.82) is 0 Å². The number of hydrogen-bond acceptors (Lipinski definition) is 4. The summed E-state index contributed by atoms with van der Waals surface area (Å²) < 4.78 is 16.2. The lowest BCUT2D eigenvalue weighted by molar-refractivity contribution is 0.416. The van der Waals surface area contributed by atoms with Gasteiger partial charge in [-0.1, -0.05) is 72.8 Å². The Hall–Kier alpha value is -1.90. The molecular formula is C28H34N2O2P2. The first-order valence-electron chi connectivity index (χ1n) is 11.4. The van der Waals surface area contributed by atoms with Crippen LogP contribution in [0, 0.1) is 0 Å². The molecule has 6 heteroatoms. The Bertz CT molecular complexity index is 1180. The number of hydrogen-bond donors (Lipinski definition) is 0. The summed E-state index contributed by atoms with van der Waals surface area (Å²) in [4.78, 5) is 0. The first kappa shape index (κ1) is 25.2. The molecular weight excluding hydrogens is 458 g/mol. The van der Waals surface area contributed by atoms with Crippen LogP contribution in [0.2, 0.25) is 0 Å². The van der Waals surface area contributed by atoms with E-state index >= 15 is 0 Å². The van der Waals surface area contributed by atoms with Gasteiger partial charge in [0.05, 0.1) is 0 Å². The van der Waals surface area contributed by atoms with Gasteiger partial charge in [-0.3, -0.25) is 9.34 Å². The van der Waals surface area contributed by atoms with Gasteiger partial charge in [0.2, 0.25) is 0 Å². The molecule has 178 valence electrons. The SMILES string of the molecule is COP(Cc1ccc2ccccc2c1-c1c(CP(OC)N(C)C)ccc2ccccc12)N(C)C. The normalized spacial score (nSPS) is 13.8. The third-order valence-corrected chi connectivity index (χ3v) is 10.1. The van der Waals surface area contributed by atoms with Crippen LogP contribution >= 0.6 is 16.6 Å². The van der Waals surface area contributed by atoms with Crippen molar-refractivity contribution < 1.29 is 9.05 Å². The van der Waals surface area contributed by atoms with Gasteiger partial charge in [-0.2, -0.15) is 0 Å². The Labute approximate surface area is 206 Å². The Kier molecular flexibility index (Phi) is 8.32. The largest absolute Gasteiger partial charge is 0.346 e. The standard InChI is InChI=1S/C28H34N2O2P2/c1-29(2)33(31-5)19-23-17-15-21-11-7-9-13-25(21)27(23)28-24(20-34(32-6)30(3)4)18-16-22-12-8-10-14-26(22)28/h7-18H,19-20H2,1-6H3. The summed E-state index contributed by atoms with van der Waals surface area (Å²) in [5.74, 6) is 0. The zero-order valence-corrected chi connectivity index (χ0v) is 22.7. The fraction of sp³-hybridized carbons (Fsp3) is 0.286. The van der Waals surface area contributed by atoms with Crippen LogP contribution in [-0.2, 0) is 21.4 Å². The highest BCUT2D eigenvalue weighted by molar-refractivity contribution is 7.49. The van der Waals surface area contributed by atoms with Crippen LogP contribution in [0.25, 0.3) is 32.7 Å². The topological polar surface area (TPSA) is 24.9 Å². The minimum atomic E-state index is -0.734. The predicted molar refractivity (Wildman–Crippen MR) is 150 cm³/mol. The third kappa shape index (κ3) is 5.19. The van der Waals surface area contributed by atoms with Crippen LogP contribution in [-0.4, -0.2) is 51.8 Å². The Balaban J connectivity index is 2.04. The van der Waals surface area contributed by atoms with E-state index in [1.165, 1.54) is 43.8 Å². The second-order valence-corrected chi connectivity index (χ2v) is 13.1. The molecule has 0 aliphatic rings. The molecule has 2 atom stereocenters. The van der Waals surface area contributed by atoms with Crippen molar-refractivity contribution >= 4 is 38.1 Å². The van der Waals surface area contributed by atoms with Crippen LogP contribution in [0.4, 0.5) is 0 Å². The van der Waals surface area contributed by atoms with Gasteiger partial charge in [-0.05, 0) is 72.0 Å². The van der Waals surface area contributed by atoms with Gasteiger partial charge in [-0.15, -0.1) is 0 Å². The summed E-state index contributed by atoms with van der Waals surface area (Å²) in [7, 11) is 10.6. The summed E-state index contributed by atoms with van der Waals surface area (Å²) in [5, 5.41) is 5.09. The van der Waals surface area contributed by atoms with E-state index < -0.39 is 16.6 Å². The van der Waals surface area contributed by atoms with Crippen LogP contribution in [0.1, 0.15) is 11.1 Å². The number of nitrogens with zero attached hydrogens (tertiary/aromatic N) is 2. The molecule has 34 heavy (non-hydrogen) atoms. The molecule has 2 unspecified atom stereocenters. The maximum Gasteiger partial charge on any atom is 0.107 e. The van der Waals surface area contributed by atoms with Crippen LogP contribution in [0.15, 0.2) is 72.8 Å². The average Bonchev–Trinajstić information content (AvgIpc) is 2.85. The van der Waals surface area contributed by atoms with Crippen molar-refractivity contribution in [2.24, 2.45) is 0 Å². The highest BCUT2D eigenvalue weighted by Gasteiger charge is 2.22. The van der Waals surface area contributed by atoms with Crippen molar-refractivity contribution in [2.75, 3.05) is 42.4 Å². The second kappa shape index (κ2) is 11.2. The van der Waals surface area contributed by atoms with E-state index in [0.29, 0.717) is 0 Å². The number of fused-ring (bicyclic) bond motifs is 2. The minimum absolute atomic E-state index is 0.734. The van der Waals surface area contributed by atoms with Crippen molar-refractivity contribution in [3.05, 3.63) is 83.9 Å². The molecule has 0 aliphatic heterocycles. The van der Waals surface area contributed by atoms with E-state index in [-0.39, 0.29) is 0 Å². The molecule has 0 saturated heterocycles. The number of rotatable bonds is 9. The van der Waals surface area contributed by atoms with E-state index in [1.807, 2.05) is 14.2 Å². The zero-order chi connectivity index (χ0) is 24.2. The maximum atomic E-state index is 5.92. The first-order chi connectivity index (χ1) is 16.4. The lowest BCUT2D eigenvalue weighted by atomic mass is 9.88. The Morgan fingerprint density at radius 3 is 1.29 bits per heavy atom. The molecule has 4 rings (SSSR count). The lowest BCUT2D eigenvalue weighted by Gasteiger charge is -2.26. The molecule has 0 spiro atoms. The average molecular weight is 493 g/mol. The molecule has 0 N–H and O–H groups in total. The van der Waals surface area contributed by atoms with E-state index in [4.69, 9.17) is 9.05 Å². The van der Waals surface area contributed by atoms with Gasteiger partial charge in [0, 0.05) is 26.5 Å². The quantitative estimate of drug-likeness (QED) is 0.224. The van der Waals surface area contributed by atoms with Crippen LogP contribution < -0.4 is 0 Å². The van der Waals surface area contributed by atoms with Crippen LogP contribution in [0.3, 0.4) is 0 Å². The highest BCUT2D eigenvalue weighted by atomic mass is 31.2. The number of benzene rings is 4. The molecule has 0 aliphatic carbocycles. The smallest absolute Gasteiger partial charge is 0.107 e. The molecule has 0 radical (unpaired) electrons. The van der Waals surface area contributed by atoms with E-state index in [0.717, 1.165) is 12.3 Å². The van der Waals surface area contributed by atoms with Crippen molar-refractivity contribution in [2.45, 2.75) is 12.3 Å². The third-order valence-electron chi connectivity index (χ3n) is 6.21. The molecule has 0 bridgehead atoms. The summed E-state index contributed by atoms with van der Waals surface area (Å²) in [6.07, 6.45) is 1.74. The first-order valence-corrected chi connectivity index (χ1v) is 14.2. The fourth-order valence-corrected chi connectivity index (χ4v) is 7.10. The second-order valence-electron chi connectivity index (χ2n) is 8.72. The highest BCUT2D eigenvalue weighted by Crippen LogP contribution is 2.49. The van der Waals surface area contributed by atoms with E-state index in [2.05, 4.69) is 110 Å². The molecule has 0 amide bonds. The molecule has 0 aromatic heterocycles. The molecule has 4 aromatic rings.